The Balaban J connectivity index is 1.94. The quantitative estimate of drug-likeness (QED) is 0.515. The third-order valence-corrected chi connectivity index (χ3v) is 3.32. The molecule has 5 nitrogen and oxygen atoms in total. The standard InChI is InChI=1S/C16H13ClFN3O2/c1-10-6-7-12(8-13(10)17)20-15(22)16(23)21-19-9-11-4-2-3-5-14(11)18/h2-9H,1H3,(H,20,22)(H,21,23)/b19-9+. The van der Waals surface area contributed by atoms with E-state index in [9.17, 15) is 14.0 Å². The van der Waals surface area contributed by atoms with Gasteiger partial charge in [0.25, 0.3) is 0 Å². The molecule has 0 spiro atoms. The molecule has 2 rings (SSSR count). The van der Waals surface area contributed by atoms with Gasteiger partial charge < -0.3 is 5.32 Å². The van der Waals surface area contributed by atoms with Crippen molar-refractivity contribution in [2.24, 2.45) is 5.10 Å². The zero-order chi connectivity index (χ0) is 16.8. The smallest absolute Gasteiger partial charge is 0.318 e. The van der Waals surface area contributed by atoms with Crippen LogP contribution in [0.5, 0.6) is 0 Å². The van der Waals surface area contributed by atoms with Gasteiger partial charge in [-0.25, -0.2) is 9.82 Å². The SMILES string of the molecule is Cc1ccc(NC(=O)C(=O)N/N=C/c2ccccc2F)cc1Cl. The molecule has 0 atom stereocenters. The summed E-state index contributed by atoms with van der Waals surface area (Å²) in [5.74, 6) is -2.37. The third kappa shape index (κ3) is 4.62. The maximum atomic E-state index is 13.3. The fourth-order valence-corrected chi connectivity index (χ4v) is 1.83. The Morgan fingerprint density at radius 2 is 1.91 bits per heavy atom. The number of rotatable bonds is 3. The number of hydrogen-bond donors (Lipinski definition) is 2. The van der Waals surface area contributed by atoms with Gasteiger partial charge in [-0.05, 0) is 30.7 Å². The Bertz CT molecular complexity index is 778. The first kappa shape index (κ1) is 16.6. The van der Waals surface area contributed by atoms with E-state index in [1.165, 1.54) is 24.3 Å². The summed E-state index contributed by atoms with van der Waals surface area (Å²) in [7, 11) is 0. The van der Waals surface area contributed by atoms with Gasteiger partial charge in [-0.2, -0.15) is 5.10 Å². The number of nitrogens with zero attached hydrogens (tertiary/aromatic N) is 1. The number of benzene rings is 2. The largest absolute Gasteiger partial charge is 0.329 e. The van der Waals surface area contributed by atoms with Crippen molar-refractivity contribution in [1.29, 1.82) is 0 Å². The van der Waals surface area contributed by atoms with Crippen LogP contribution in [-0.4, -0.2) is 18.0 Å². The molecule has 0 aliphatic carbocycles. The summed E-state index contributed by atoms with van der Waals surface area (Å²) in [6, 6.07) is 10.8. The molecule has 2 aromatic rings. The normalized spacial score (nSPS) is 10.6. The van der Waals surface area contributed by atoms with Crippen LogP contribution < -0.4 is 10.7 Å². The van der Waals surface area contributed by atoms with Crippen molar-refractivity contribution in [3.63, 3.8) is 0 Å². The van der Waals surface area contributed by atoms with Crippen LogP contribution in [0.25, 0.3) is 0 Å². The number of hydrogen-bond acceptors (Lipinski definition) is 3. The number of nitrogens with one attached hydrogen (secondary N) is 2. The van der Waals surface area contributed by atoms with Gasteiger partial charge in [0, 0.05) is 16.3 Å². The molecule has 0 aliphatic heterocycles. The van der Waals surface area contributed by atoms with Crippen molar-refractivity contribution in [1.82, 2.24) is 5.43 Å². The lowest BCUT2D eigenvalue weighted by atomic mass is 10.2. The minimum absolute atomic E-state index is 0.193. The second-order valence-corrected chi connectivity index (χ2v) is 5.05. The van der Waals surface area contributed by atoms with Gasteiger partial charge in [0.2, 0.25) is 0 Å². The molecule has 2 amide bonds. The fraction of sp³-hybridized carbons (Fsp3) is 0.0625. The molecule has 0 saturated carbocycles. The summed E-state index contributed by atoms with van der Waals surface area (Å²) in [4.78, 5) is 23.3. The van der Waals surface area contributed by atoms with Gasteiger partial charge in [-0.3, -0.25) is 9.59 Å². The van der Waals surface area contributed by atoms with E-state index < -0.39 is 17.6 Å². The summed E-state index contributed by atoms with van der Waals surface area (Å²) in [5.41, 5.74) is 3.45. The monoisotopic (exact) mass is 333 g/mol. The minimum atomic E-state index is -0.978. The third-order valence-electron chi connectivity index (χ3n) is 2.91. The second-order valence-electron chi connectivity index (χ2n) is 4.64. The highest BCUT2D eigenvalue weighted by Crippen LogP contribution is 2.19. The van der Waals surface area contributed by atoms with E-state index in [-0.39, 0.29) is 5.56 Å². The average molecular weight is 334 g/mol. The lowest BCUT2D eigenvalue weighted by molar-refractivity contribution is -0.136. The van der Waals surface area contributed by atoms with Crippen molar-refractivity contribution in [2.45, 2.75) is 6.92 Å². The molecule has 2 aromatic carbocycles. The minimum Gasteiger partial charge on any atom is -0.318 e. The highest BCUT2D eigenvalue weighted by molar-refractivity contribution is 6.39. The van der Waals surface area contributed by atoms with Crippen LogP contribution in [0.4, 0.5) is 10.1 Å². The van der Waals surface area contributed by atoms with E-state index in [4.69, 9.17) is 11.6 Å². The summed E-state index contributed by atoms with van der Waals surface area (Å²) in [5, 5.41) is 6.40. The van der Waals surface area contributed by atoms with Crippen LogP contribution in [0, 0.1) is 12.7 Å². The number of amides is 2. The van der Waals surface area contributed by atoms with E-state index in [2.05, 4.69) is 10.4 Å². The molecule has 118 valence electrons. The number of aryl methyl sites for hydroxylation is 1. The van der Waals surface area contributed by atoms with Crippen LogP contribution in [0.2, 0.25) is 5.02 Å². The topological polar surface area (TPSA) is 70.6 Å². The van der Waals surface area contributed by atoms with Crippen molar-refractivity contribution in [3.8, 4) is 0 Å². The molecule has 0 fully saturated rings. The van der Waals surface area contributed by atoms with E-state index in [1.54, 1.807) is 18.2 Å². The van der Waals surface area contributed by atoms with Gasteiger partial charge in [-0.15, -0.1) is 0 Å². The first-order valence-electron chi connectivity index (χ1n) is 6.62. The summed E-state index contributed by atoms with van der Waals surface area (Å²) < 4.78 is 13.3. The molecular formula is C16H13ClFN3O2. The maximum absolute atomic E-state index is 13.3. The van der Waals surface area contributed by atoms with E-state index in [0.717, 1.165) is 11.8 Å². The van der Waals surface area contributed by atoms with Gasteiger partial charge in [0.1, 0.15) is 5.82 Å². The van der Waals surface area contributed by atoms with Crippen molar-refractivity contribution in [2.75, 3.05) is 5.32 Å². The number of carbonyl (C=O) groups is 2. The van der Waals surface area contributed by atoms with Crippen LogP contribution in [-0.2, 0) is 9.59 Å². The molecule has 0 heterocycles. The van der Waals surface area contributed by atoms with Gasteiger partial charge in [-0.1, -0.05) is 35.9 Å². The Labute approximate surface area is 137 Å². The number of hydrazone groups is 1. The van der Waals surface area contributed by atoms with Crippen molar-refractivity contribution in [3.05, 3.63) is 64.4 Å². The molecule has 23 heavy (non-hydrogen) atoms. The summed E-state index contributed by atoms with van der Waals surface area (Å²) in [6.07, 6.45) is 1.11. The highest BCUT2D eigenvalue weighted by Gasteiger charge is 2.13. The van der Waals surface area contributed by atoms with Gasteiger partial charge >= 0.3 is 11.8 Å². The first-order valence-corrected chi connectivity index (χ1v) is 7.00. The number of halogens is 2. The Hall–Kier alpha value is -2.73. The molecule has 0 saturated heterocycles. The number of carbonyl (C=O) groups excluding carboxylic acids is 2. The van der Waals surface area contributed by atoms with Crippen molar-refractivity contribution >= 4 is 35.3 Å². The predicted octanol–water partition coefficient (Wildman–Crippen LogP) is 2.88. The Morgan fingerprint density at radius 1 is 1.17 bits per heavy atom. The number of anilines is 1. The summed E-state index contributed by atoms with van der Waals surface area (Å²) >= 11 is 5.93. The molecular weight excluding hydrogens is 321 g/mol. The van der Waals surface area contributed by atoms with Crippen LogP contribution >= 0.6 is 11.6 Å². The maximum Gasteiger partial charge on any atom is 0.329 e. The molecule has 0 aromatic heterocycles. The van der Waals surface area contributed by atoms with Gasteiger partial charge in [0.15, 0.2) is 0 Å². The van der Waals surface area contributed by atoms with Crippen molar-refractivity contribution < 1.29 is 14.0 Å². The molecule has 2 N–H and O–H groups in total. The molecule has 7 heteroatoms. The summed E-state index contributed by atoms with van der Waals surface area (Å²) in [6.45, 7) is 1.82. The van der Waals surface area contributed by atoms with Crippen LogP contribution in [0.15, 0.2) is 47.6 Å². The Kier molecular flexibility index (Phi) is 5.43. The molecule has 0 unspecified atom stereocenters. The van der Waals surface area contributed by atoms with Crippen LogP contribution in [0.1, 0.15) is 11.1 Å². The first-order chi connectivity index (χ1) is 11.0. The Morgan fingerprint density at radius 3 is 2.61 bits per heavy atom. The highest BCUT2D eigenvalue weighted by atomic mass is 35.5. The average Bonchev–Trinajstić information content (AvgIpc) is 2.52. The lowest BCUT2D eigenvalue weighted by Crippen LogP contribution is -2.32. The molecule has 0 radical (unpaired) electrons. The second kappa shape index (κ2) is 7.51. The lowest BCUT2D eigenvalue weighted by Gasteiger charge is -2.05. The molecule has 0 bridgehead atoms. The fourth-order valence-electron chi connectivity index (χ4n) is 1.65. The van der Waals surface area contributed by atoms with Gasteiger partial charge in [0.05, 0.1) is 6.21 Å². The van der Waals surface area contributed by atoms with E-state index in [0.29, 0.717) is 10.7 Å². The zero-order valence-corrected chi connectivity index (χ0v) is 12.9. The van der Waals surface area contributed by atoms with E-state index >= 15 is 0 Å². The van der Waals surface area contributed by atoms with E-state index in [1.807, 2.05) is 12.3 Å². The molecule has 0 aliphatic rings. The predicted molar refractivity (Wildman–Crippen MR) is 87.0 cm³/mol. The zero-order valence-electron chi connectivity index (χ0n) is 12.1. The van der Waals surface area contributed by atoms with Crippen LogP contribution in [0.3, 0.4) is 0 Å².